The summed E-state index contributed by atoms with van der Waals surface area (Å²) in [7, 11) is 0. The molecule has 0 spiro atoms. The number of benzene rings is 1. The lowest BCUT2D eigenvalue weighted by molar-refractivity contribution is 0.492. The Hall–Kier alpha value is -1.37. The van der Waals surface area contributed by atoms with Crippen LogP contribution in [0.5, 0.6) is 0 Å². The molecule has 106 valence electrons. The Balaban J connectivity index is 0.00000154. The summed E-state index contributed by atoms with van der Waals surface area (Å²) in [4.78, 5) is 0. The van der Waals surface area contributed by atoms with Gasteiger partial charge in [0.2, 0.25) is 0 Å². The van der Waals surface area contributed by atoms with E-state index in [1.807, 2.05) is 13.8 Å². The fourth-order valence-corrected chi connectivity index (χ4v) is 2.10. The zero-order valence-electron chi connectivity index (χ0n) is 12.9. The second-order valence-corrected chi connectivity index (χ2v) is 4.79. The Morgan fingerprint density at radius 3 is 2.00 bits per heavy atom. The lowest BCUT2D eigenvalue weighted by Crippen LogP contribution is -1.94. The molecule has 0 aliphatic rings. The molecule has 19 heavy (non-hydrogen) atoms. The van der Waals surface area contributed by atoms with Gasteiger partial charge in [0.05, 0.1) is 6.67 Å². The average Bonchev–Trinajstić information content (AvgIpc) is 2.29. The molecule has 0 aromatic heterocycles. The summed E-state index contributed by atoms with van der Waals surface area (Å²) in [6.45, 7) is 15.8. The molecule has 0 aliphatic carbocycles. The summed E-state index contributed by atoms with van der Waals surface area (Å²) >= 11 is 0. The van der Waals surface area contributed by atoms with Crippen molar-refractivity contribution >= 4 is 0 Å². The molecule has 0 atom stereocenters. The Bertz CT molecular complexity index is 395. The van der Waals surface area contributed by atoms with Gasteiger partial charge in [-0.25, -0.2) is 0 Å². The molecule has 0 amide bonds. The normalized spacial score (nSPS) is 9.53. The zero-order valence-corrected chi connectivity index (χ0v) is 12.9. The average molecular weight is 262 g/mol. The first-order valence-corrected chi connectivity index (χ1v) is 6.97. The fraction of sp³-hybridized carbons (Fsp3) is 0.444. The third kappa shape index (κ3) is 7.61. The number of alkyl halides is 1. The first-order valence-electron chi connectivity index (χ1n) is 6.97. The van der Waals surface area contributed by atoms with Gasteiger partial charge in [-0.05, 0) is 38.7 Å². The minimum absolute atomic E-state index is 0.324. The number of rotatable bonds is 6. The van der Waals surface area contributed by atoms with Crippen molar-refractivity contribution in [2.75, 3.05) is 6.67 Å². The number of hydrogen-bond acceptors (Lipinski definition) is 0. The van der Waals surface area contributed by atoms with Crippen LogP contribution in [0.4, 0.5) is 4.39 Å². The molecule has 0 radical (unpaired) electrons. The van der Waals surface area contributed by atoms with Gasteiger partial charge in [0, 0.05) is 0 Å². The predicted molar refractivity (Wildman–Crippen MR) is 84.5 cm³/mol. The van der Waals surface area contributed by atoms with E-state index in [0.29, 0.717) is 6.42 Å². The standard InChI is InChI=1S/C16H21F.C2H6/c1-12(5-6-17)7-13(2)9-16-10-14(3)8-15(4)11-16;1-2/h8,10-11H,1-2,5-7,9H2,3-4H3;1-2H3. The first kappa shape index (κ1) is 17.6. The summed E-state index contributed by atoms with van der Waals surface area (Å²) < 4.78 is 12.1. The Labute approximate surface area is 118 Å². The molecule has 1 aromatic rings. The topological polar surface area (TPSA) is 0 Å². The molecule has 0 saturated heterocycles. The van der Waals surface area contributed by atoms with Gasteiger partial charge in [0.15, 0.2) is 0 Å². The van der Waals surface area contributed by atoms with Crippen molar-refractivity contribution in [3.05, 3.63) is 59.2 Å². The van der Waals surface area contributed by atoms with Gasteiger partial charge in [-0.15, -0.1) is 0 Å². The zero-order chi connectivity index (χ0) is 14.8. The molecule has 1 aromatic carbocycles. The maximum Gasteiger partial charge on any atom is 0.0931 e. The third-order valence-electron chi connectivity index (χ3n) is 2.68. The Morgan fingerprint density at radius 2 is 1.53 bits per heavy atom. The fourth-order valence-electron chi connectivity index (χ4n) is 2.10. The van der Waals surface area contributed by atoms with Crippen molar-refractivity contribution in [2.45, 2.75) is 47.0 Å². The lowest BCUT2D eigenvalue weighted by Gasteiger charge is -2.09. The van der Waals surface area contributed by atoms with Crippen molar-refractivity contribution < 1.29 is 4.39 Å². The molecule has 0 saturated carbocycles. The molecule has 0 fully saturated rings. The third-order valence-corrected chi connectivity index (χ3v) is 2.68. The highest BCUT2D eigenvalue weighted by molar-refractivity contribution is 5.31. The van der Waals surface area contributed by atoms with Crippen LogP contribution in [-0.2, 0) is 6.42 Å². The SMILES string of the molecule is C=C(CCF)CC(=C)Cc1cc(C)cc(C)c1.CC. The lowest BCUT2D eigenvalue weighted by atomic mass is 9.97. The maximum atomic E-state index is 12.1. The van der Waals surface area contributed by atoms with Crippen molar-refractivity contribution in [3.63, 3.8) is 0 Å². The molecular weight excluding hydrogens is 235 g/mol. The van der Waals surface area contributed by atoms with E-state index in [4.69, 9.17) is 0 Å². The van der Waals surface area contributed by atoms with Gasteiger partial charge in [-0.2, -0.15) is 0 Å². The van der Waals surface area contributed by atoms with Gasteiger partial charge in [0.25, 0.3) is 0 Å². The van der Waals surface area contributed by atoms with E-state index >= 15 is 0 Å². The molecule has 0 heterocycles. The first-order chi connectivity index (χ1) is 9.01. The van der Waals surface area contributed by atoms with E-state index in [2.05, 4.69) is 45.2 Å². The maximum absolute atomic E-state index is 12.1. The van der Waals surface area contributed by atoms with Gasteiger partial charge >= 0.3 is 0 Å². The summed E-state index contributed by atoms with van der Waals surface area (Å²) in [6.07, 6.45) is 2.04. The van der Waals surface area contributed by atoms with Crippen LogP contribution in [-0.4, -0.2) is 6.67 Å². The molecule has 1 heteroatoms. The Morgan fingerprint density at radius 1 is 1.00 bits per heavy atom. The number of hydrogen-bond donors (Lipinski definition) is 0. The minimum atomic E-state index is -0.324. The highest BCUT2D eigenvalue weighted by Gasteiger charge is 2.02. The second kappa shape index (κ2) is 9.55. The summed E-state index contributed by atoms with van der Waals surface area (Å²) in [5.41, 5.74) is 5.86. The van der Waals surface area contributed by atoms with E-state index in [0.717, 1.165) is 24.0 Å². The highest BCUT2D eigenvalue weighted by Crippen LogP contribution is 2.18. The van der Waals surface area contributed by atoms with Crippen molar-refractivity contribution in [3.8, 4) is 0 Å². The molecule has 0 aliphatic heterocycles. The predicted octanol–water partition coefficient (Wildman–Crippen LogP) is 5.73. The molecule has 0 bridgehead atoms. The number of halogens is 1. The van der Waals surface area contributed by atoms with E-state index in [9.17, 15) is 4.39 Å². The van der Waals surface area contributed by atoms with Crippen LogP contribution in [0.3, 0.4) is 0 Å². The van der Waals surface area contributed by atoms with Crippen LogP contribution in [0, 0.1) is 13.8 Å². The quantitative estimate of drug-likeness (QED) is 0.574. The van der Waals surface area contributed by atoms with Crippen LogP contribution < -0.4 is 0 Å². The number of allylic oxidation sites excluding steroid dienone is 2. The van der Waals surface area contributed by atoms with E-state index in [-0.39, 0.29) is 6.67 Å². The van der Waals surface area contributed by atoms with Crippen LogP contribution in [0.1, 0.15) is 43.4 Å². The minimum Gasteiger partial charge on any atom is -0.251 e. The van der Waals surface area contributed by atoms with Crippen molar-refractivity contribution in [1.29, 1.82) is 0 Å². The molecule has 0 N–H and O–H groups in total. The van der Waals surface area contributed by atoms with E-state index in [1.54, 1.807) is 0 Å². The van der Waals surface area contributed by atoms with E-state index < -0.39 is 0 Å². The van der Waals surface area contributed by atoms with Crippen molar-refractivity contribution in [2.24, 2.45) is 0 Å². The van der Waals surface area contributed by atoms with Crippen LogP contribution in [0.25, 0.3) is 0 Å². The summed E-state index contributed by atoms with van der Waals surface area (Å²) in [5, 5.41) is 0. The van der Waals surface area contributed by atoms with Gasteiger partial charge < -0.3 is 0 Å². The monoisotopic (exact) mass is 262 g/mol. The molecule has 0 unspecified atom stereocenters. The smallest absolute Gasteiger partial charge is 0.0931 e. The van der Waals surface area contributed by atoms with Gasteiger partial charge in [0.1, 0.15) is 0 Å². The molecule has 1 rings (SSSR count). The van der Waals surface area contributed by atoms with Gasteiger partial charge in [-0.1, -0.05) is 67.5 Å². The summed E-state index contributed by atoms with van der Waals surface area (Å²) in [5.74, 6) is 0. The molecule has 0 nitrogen and oxygen atoms in total. The highest BCUT2D eigenvalue weighted by atomic mass is 19.1. The van der Waals surface area contributed by atoms with Crippen LogP contribution in [0.2, 0.25) is 0 Å². The van der Waals surface area contributed by atoms with E-state index in [1.165, 1.54) is 16.7 Å². The summed E-state index contributed by atoms with van der Waals surface area (Å²) in [6, 6.07) is 6.51. The largest absolute Gasteiger partial charge is 0.251 e. The van der Waals surface area contributed by atoms with Crippen LogP contribution >= 0.6 is 0 Å². The second-order valence-electron chi connectivity index (χ2n) is 4.79. The Kier molecular flexibility index (Phi) is 8.86. The molecular formula is C18H27F. The van der Waals surface area contributed by atoms with Crippen LogP contribution in [0.15, 0.2) is 42.5 Å². The van der Waals surface area contributed by atoms with Gasteiger partial charge in [-0.3, -0.25) is 4.39 Å². The van der Waals surface area contributed by atoms with Crippen molar-refractivity contribution in [1.82, 2.24) is 0 Å². The number of aryl methyl sites for hydroxylation is 2.